The molecule has 3 aromatic rings. The molecule has 0 unspecified atom stereocenters. The lowest BCUT2D eigenvalue weighted by Crippen LogP contribution is -2.35. The molecule has 0 N–H and O–H groups in total. The van der Waals surface area contributed by atoms with Crippen molar-refractivity contribution in [1.29, 1.82) is 0 Å². The Morgan fingerprint density at radius 3 is 2.81 bits per heavy atom. The van der Waals surface area contributed by atoms with Crippen LogP contribution in [-0.4, -0.2) is 49.7 Å². The van der Waals surface area contributed by atoms with Crippen LogP contribution >= 0.6 is 22.9 Å². The molecule has 0 aliphatic heterocycles. The number of nitrogens with zero attached hydrogens (tertiary/aromatic N) is 5. The predicted molar refractivity (Wildman–Crippen MR) is 103 cm³/mol. The number of carbonyl (C=O) groups is 1. The number of imidazole rings is 1. The van der Waals surface area contributed by atoms with Gasteiger partial charge in [0.2, 0.25) is 0 Å². The monoisotopic (exact) mass is 393 g/mol. The van der Waals surface area contributed by atoms with Gasteiger partial charge < -0.3 is 14.2 Å². The van der Waals surface area contributed by atoms with Crippen molar-refractivity contribution in [2.24, 2.45) is 0 Å². The molecular weight excluding hydrogens is 374 g/mol. The van der Waals surface area contributed by atoms with Crippen molar-refractivity contribution >= 4 is 39.2 Å². The number of ether oxygens (including phenoxy) is 1. The maximum atomic E-state index is 12.0. The van der Waals surface area contributed by atoms with E-state index in [9.17, 15) is 4.79 Å². The highest BCUT2D eigenvalue weighted by Gasteiger charge is 2.19. The fourth-order valence-electron chi connectivity index (χ4n) is 2.26. The van der Waals surface area contributed by atoms with Gasteiger partial charge in [-0.3, -0.25) is 0 Å². The van der Waals surface area contributed by atoms with Crippen molar-refractivity contribution < 1.29 is 9.53 Å². The number of hydrogen-bond donors (Lipinski definition) is 0. The van der Waals surface area contributed by atoms with Gasteiger partial charge in [-0.2, -0.15) is 0 Å². The highest BCUT2D eigenvalue weighted by Crippen LogP contribution is 2.34. The van der Waals surface area contributed by atoms with Crippen LogP contribution < -0.4 is 0 Å². The van der Waals surface area contributed by atoms with Gasteiger partial charge in [0, 0.05) is 26.3 Å². The minimum Gasteiger partial charge on any atom is -0.444 e. The zero-order valence-electron chi connectivity index (χ0n) is 15.1. The number of likely N-dealkylation sites (N-methyl/N-ethyl adjacent to an activating group) is 1. The molecule has 138 valence electrons. The van der Waals surface area contributed by atoms with Crippen LogP contribution in [0.5, 0.6) is 0 Å². The van der Waals surface area contributed by atoms with Crippen LogP contribution in [0.1, 0.15) is 20.8 Å². The summed E-state index contributed by atoms with van der Waals surface area (Å²) in [5.41, 5.74) is 1.15. The quantitative estimate of drug-likeness (QED) is 0.624. The van der Waals surface area contributed by atoms with Gasteiger partial charge in [0.15, 0.2) is 0 Å². The van der Waals surface area contributed by atoms with Crippen LogP contribution in [0.3, 0.4) is 0 Å². The Labute approximate surface area is 160 Å². The average molecular weight is 394 g/mol. The largest absolute Gasteiger partial charge is 0.444 e. The van der Waals surface area contributed by atoms with Crippen LogP contribution in [0.15, 0.2) is 24.9 Å². The van der Waals surface area contributed by atoms with E-state index in [1.165, 1.54) is 17.7 Å². The molecule has 0 bridgehead atoms. The molecule has 0 fully saturated rings. The van der Waals surface area contributed by atoms with Gasteiger partial charge in [-0.15, -0.1) is 11.3 Å². The predicted octanol–water partition coefficient (Wildman–Crippen LogP) is 4.08. The third-order valence-electron chi connectivity index (χ3n) is 3.55. The number of fused-ring (bicyclic) bond motifs is 1. The number of hydrogen-bond acceptors (Lipinski definition) is 6. The van der Waals surface area contributed by atoms with Gasteiger partial charge in [-0.1, -0.05) is 11.6 Å². The van der Waals surface area contributed by atoms with Crippen LogP contribution in [0.25, 0.3) is 20.8 Å². The summed E-state index contributed by atoms with van der Waals surface area (Å²) in [4.78, 5) is 27.2. The summed E-state index contributed by atoms with van der Waals surface area (Å²) >= 11 is 7.62. The molecule has 0 atom stereocenters. The molecule has 0 saturated heterocycles. The van der Waals surface area contributed by atoms with Crippen molar-refractivity contribution in [2.75, 3.05) is 13.6 Å². The van der Waals surface area contributed by atoms with Gasteiger partial charge in [-0.25, -0.2) is 19.7 Å². The summed E-state index contributed by atoms with van der Waals surface area (Å²) in [5.74, 6) is 0. The van der Waals surface area contributed by atoms with E-state index in [1.807, 2.05) is 37.6 Å². The normalized spacial score (nSPS) is 11.7. The van der Waals surface area contributed by atoms with Crippen LogP contribution in [0, 0.1) is 0 Å². The van der Waals surface area contributed by atoms with Gasteiger partial charge >= 0.3 is 6.09 Å². The van der Waals surface area contributed by atoms with Crippen LogP contribution in [0.2, 0.25) is 5.15 Å². The van der Waals surface area contributed by atoms with E-state index in [4.69, 9.17) is 16.3 Å². The van der Waals surface area contributed by atoms with Crippen LogP contribution in [-0.2, 0) is 11.3 Å². The van der Waals surface area contributed by atoms with E-state index < -0.39 is 5.60 Å². The second-order valence-electron chi connectivity index (χ2n) is 6.89. The summed E-state index contributed by atoms with van der Waals surface area (Å²) in [6.07, 6.45) is 4.80. The van der Waals surface area contributed by atoms with Crippen LogP contribution in [0.4, 0.5) is 4.79 Å². The lowest BCUT2D eigenvalue weighted by Gasteiger charge is -2.24. The number of thiophene rings is 1. The zero-order valence-corrected chi connectivity index (χ0v) is 16.6. The molecule has 0 saturated carbocycles. The van der Waals surface area contributed by atoms with E-state index in [0.717, 1.165) is 20.8 Å². The van der Waals surface area contributed by atoms with E-state index in [0.29, 0.717) is 18.2 Å². The van der Waals surface area contributed by atoms with Crippen molar-refractivity contribution in [2.45, 2.75) is 32.9 Å². The van der Waals surface area contributed by atoms with Crippen molar-refractivity contribution in [3.63, 3.8) is 0 Å². The SMILES string of the molecule is CN(CCn1cnc(-c2cc3ncnc(Cl)c3s2)c1)C(=O)OC(C)(C)C. The first-order valence-electron chi connectivity index (χ1n) is 8.09. The molecule has 26 heavy (non-hydrogen) atoms. The molecule has 0 aromatic carbocycles. The number of amides is 1. The summed E-state index contributed by atoms with van der Waals surface area (Å²) in [6, 6.07) is 1.95. The number of aromatic nitrogens is 4. The molecule has 3 aromatic heterocycles. The first-order valence-corrected chi connectivity index (χ1v) is 9.29. The van der Waals surface area contributed by atoms with Crippen molar-refractivity contribution in [1.82, 2.24) is 24.4 Å². The summed E-state index contributed by atoms with van der Waals surface area (Å²) in [6.45, 7) is 6.69. The van der Waals surface area contributed by atoms with E-state index in [-0.39, 0.29) is 6.09 Å². The lowest BCUT2D eigenvalue weighted by atomic mass is 10.2. The van der Waals surface area contributed by atoms with Gasteiger partial charge in [-0.05, 0) is 26.8 Å². The Morgan fingerprint density at radius 1 is 1.35 bits per heavy atom. The fraction of sp³-hybridized carbons (Fsp3) is 0.412. The van der Waals surface area contributed by atoms with Crippen molar-refractivity contribution in [3.05, 3.63) is 30.1 Å². The Balaban J connectivity index is 1.66. The van der Waals surface area contributed by atoms with Gasteiger partial charge in [0.1, 0.15) is 17.1 Å². The maximum Gasteiger partial charge on any atom is 0.410 e. The molecule has 0 aliphatic carbocycles. The minimum absolute atomic E-state index is 0.337. The van der Waals surface area contributed by atoms with Crippen molar-refractivity contribution in [3.8, 4) is 10.6 Å². The third-order valence-corrected chi connectivity index (χ3v) is 5.10. The second kappa shape index (κ2) is 7.20. The minimum atomic E-state index is -0.501. The lowest BCUT2D eigenvalue weighted by molar-refractivity contribution is 0.0293. The maximum absolute atomic E-state index is 12.0. The summed E-state index contributed by atoms with van der Waals surface area (Å²) < 4.78 is 8.13. The van der Waals surface area contributed by atoms with Gasteiger partial charge in [0.25, 0.3) is 0 Å². The summed E-state index contributed by atoms with van der Waals surface area (Å²) in [7, 11) is 1.72. The molecule has 7 nitrogen and oxygen atoms in total. The topological polar surface area (TPSA) is 73.1 Å². The van der Waals surface area contributed by atoms with E-state index in [2.05, 4.69) is 15.0 Å². The van der Waals surface area contributed by atoms with Gasteiger partial charge in [0.05, 0.1) is 27.1 Å². The smallest absolute Gasteiger partial charge is 0.410 e. The Kier molecular flexibility index (Phi) is 5.15. The molecule has 9 heteroatoms. The Bertz CT molecular complexity index is 931. The Hall–Kier alpha value is -2.19. The highest BCUT2D eigenvalue weighted by atomic mass is 35.5. The molecule has 0 radical (unpaired) electrons. The molecule has 0 aliphatic rings. The molecule has 0 spiro atoms. The van der Waals surface area contributed by atoms with E-state index >= 15 is 0 Å². The number of rotatable bonds is 4. The first-order chi connectivity index (χ1) is 12.2. The molecule has 3 heterocycles. The molecule has 3 rings (SSSR count). The summed E-state index contributed by atoms with van der Waals surface area (Å²) in [5, 5.41) is 0.449. The third kappa shape index (κ3) is 4.31. The standard InChI is InChI=1S/C17H20ClN5O2S/c1-17(2,3)25-16(24)22(4)5-6-23-8-12(21-10-23)13-7-11-14(26-13)15(18)20-9-19-11/h7-10H,5-6H2,1-4H3. The number of halogens is 1. The molecule has 1 amide bonds. The Morgan fingerprint density at radius 2 is 2.12 bits per heavy atom. The first kappa shape index (κ1) is 18.6. The fourth-order valence-corrected chi connectivity index (χ4v) is 3.47. The number of carbonyl (C=O) groups excluding carboxylic acids is 1. The second-order valence-corrected chi connectivity index (χ2v) is 8.30. The average Bonchev–Trinajstić information content (AvgIpc) is 3.18. The van der Waals surface area contributed by atoms with E-state index in [1.54, 1.807) is 18.3 Å². The molecular formula is C17H20ClN5O2S. The highest BCUT2D eigenvalue weighted by molar-refractivity contribution is 7.22. The zero-order chi connectivity index (χ0) is 18.9.